The summed E-state index contributed by atoms with van der Waals surface area (Å²) in [5.74, 6) is 0.592. The zero-order valence-corrected chi connectivity index (χ0v) is 12.6. The van der Waals surface area contributed by atoms with Crippen LogP contribution >= 0.6 is 0 Å². The zero-order chi connectivity index (χ0) is 15.0. The average molecular weight is 281 g/mol. The fourth-order valence-electron chi connectivity index (χ4n) is 1.84. The molecule has 1 aromatic carbocycles. The molecule has 0 unspecified atom stereocenters. The summed E-state index contributed by atoms with van der Waals surface area (Å²) in [6, 6.07) is 5.28. The summed E-state index contributed by atoms with van der Waals surface area (Å²) in [6.45, 7) is 5.34. The van der Waals surface area contributed by atoms with Gasteiger partial charge < -0.3 is 19.5 Å². The minimum absolute atomic E-state index is 0.0371. The van der Waals surface area contributed by atoms with Crippen LogP contribution in [0.3, 0.4) is 0 Å². The van der Waals surface area contributed by atoms with Crippen molar-refractivity contribution in [1.29, 1.82) is 0 Å². The fraction of sp³-hybridized carbons (Fsp3) is 0.533. The van der Waals surface area contributed by atoms with Crippen molar-refractivity contribution < 1.29 is 19.0 Å². The van der Waals surface area contributed by atoms with Crippen LogP contribution in [0.2, 0.25) is 0 Å². The van der Waals surface area contributed by atoms with Crippen LogP contribution in [0, 0.1) is 0 Å². The molecule has 0 aliphatic rings. The molecule has 5 heteroatoms. The van der Waals surface area contributed by atoms with Crippen molar-refractivity contribution in [3.63, 3.8) is 0 Å². The van der Waals surface area contributed by atoms with Gasteiger partial charge in [-0.1, -0.05) is 0 Å². The van der Waals surface area contributed by atoms with Gasteiger partial charge in [-0.15, -0.1) is 0 Å². The highest BCUT2D eigenvalue weighted by atomic mass is 16.5. The molecule has 0 radical (unpaired) electrons. The molecule has 5 nitrogen and oxygen atoms in total. The minimum atomic E-state index is -0.130. The van der Waals surface area contributed by atoms with Crippen molar-refractivity contribution in [2.45, 2.75) is 26.5 Å². The Hall–Kier alpha value is -1.59. The first-order valence-electron chi connectivity index (χ1n) is 6.66. The van der Waals surface area contributed by atoms with Crippen molar-refractivity contribution in [3.8, 4) is 5.75 Å². The van der Waals surface area contributed by atoms with E-state index in [-0.39, 0.29) is 11.9 Å². The third-order valence-electron chi connectivity index (χ3n) is 2.80. The Morgan fingerprint density at radius 3 is 2.70 bits per heavy atom. The predicted octanol–water partition coefficient (Wildman–Crippen LogP) is 2.00. The Morgan fingerprint density at radius 1 is 1.35 bits per heavy atom. The molecule has 0 saturated carbocycles. The Morgan fingerprint density at radius 2 is 2.10 bits per heavy atom. The van der Waals surface area contributed by atoms with E-state index in [9.17, 15) is 4.79 Å². The number of amides is 1. The van der Waals surface area contributed by atoms with E-state index < -0.39 is 0 Å². The third-order valence-corrected chi connectivity index (χ3v) is 2.80. The van der Waals surface area contributed by atoms with E-state index in [1.165, 1.54) is 0 Å². The van der Waals surface area contributed by atoms with Crippen molar-refractivity contribution in [2.75, 3.05) is 27.4 Å². The fourth-order valence-corrected chi connectivity index (χ4v) is 1.84. The summed E-state index contributed by atoms with van der Waals surface area (Å²) in [5.41, 5.74) is 1.45. The molecule has 1 N–H and O–H groups in total. The standard InChI is InChI=1S/C15H23NO4/c1-5-20-10-13-8-12(6-7-14(13)19-4)15(17)16-11(2)9-18-3/h6-8,11H,5,9-10H2,1-4H3,(H,16,17)/t11-/m0/s1. The van der Waals surface area contributed by atoms with Gasteiger partial charge in [0.15, 0.2) is 0 Å². The molecule has 0 fully saturated rings. The molecule has 112 valence electrons. The highest BCUT2D eigenvalue weighted by Crippen LogP contribution is 2.21. The number of ether oxygens (including phenoxy) is 3. The lowest BCUT2D eigenvalue weighted by molar-refractivity contribution is 0.0905. The van der Waals surface area contributed by atoms with E-state index in [4.69, 9.17) is 14.2 Å². The molecule has 0 heterocycles. The topological polar surface area (TPSA) is 56.8 Å². The molecule has 0 saturated heterocycles. The van der Waals surface area contributed by atoms with Crippen LogP contribution in [-0.4, -0.2) is 39.4 Å². The quantitative estimate of drug-likeness (QED) is 0.792. The minimum Gasteiger partial charge on any atom is -0.496 e. The van der Waals surface area contributed by atoms with Crippen LogP contribution in [-0.2, 0) is 16.1 Å². The van der Waals surface area contributed by atoms with E-state index in [0.717, 1.165) is 11.3 Å². The van der Waals surface area contributed by atoms with Gasteiger partial charge >= 0.3 is 0 Å². The Labute approximate surface area is 120 Å². The Balaban J connectivity index is 2.81. The van der Waals surface area contributed by atoms with Crippen molar-refractivity contribution >= 4 is 5.91 Å². The number of benzene rings is 1. The van der Waals surface area contributed by atoms with Gasteiger partial charge in [-0.25, -0.2) is 0 Å². The summed E-state index contributed by atoms with van der Waals surface area (Å²) < 4.78 is 15.6. The molecule has 1 amide bonds. The summed E-state index contributed by atoms with van der Waals surface area (Å²) in [6.07, 6.45) is 0. The molecule has 1 aromatic rings. The van der Waals surface area contributed by atoms with Crippen LogP contribution < -0.4 is 10.1 Å². The summed E-state index contributed by atoms with van der Waals surface area (Å²) >= 11 is 0. The molecule has 1 rings (SSSR count). The van der Waals surface area contributed by atoms with E-state index in [1.54, 1.807) is 32.4 Å². The highest BCUT2D eigenvalue weighted by Gasteiger charge is 2.12. The molecule has 0 aliphatic carbocycles. The molecule has 0 aliphatic heterocycles. The average Bonchev–Trinajstić information content (AvgIpc) is 2.44. The van der Waals surface area contributed by atoms with Gasteiger partial charge in [0.1, 0.15) is 5.75 Å². The van der Waals surface area contributed by atoms with Gasteiger partial charge in [0.25, 0.3) is 5.91 Å². The SMILES string of the molecule is CCOCc1cc(C(=O)N[C@@H](C)COC)ccc1OC. The monoisotopic (exact) mass is 281 g/mol. The summed E-state index contributed by atoms with van der Waals surface area (Å²) in [5, 5.41) is 2.87. The second kappa shape index (κ2) is 8.55. The Kier molecular flexibility index (Phi) is 7.04. The molecular formula is C15H23NO4. The molecule has 1 atom stereocenters. The third kappa shape index (κ3) is 4.83. The maximum atomic E-state index is 12.1. The van der Waals surface area contributed by atoms with Crippen molar-refractivity contribution in [2.24, 2.45) is 0 Å². The molecule has 0 bridgehead atoms. The number of carbonyl (C=O) groups is 1. The normalized spacial score (nSPS) is 12.0. The van der Waals surface area contributed by atoms with Crippen molar-refractivity contribution in [1.82, 2.24) is 5.32 Å². The number of hydrogen-bond acceptors (Lipinski definition) is 4. The smallest absolute Gasteiger partial charge is 0.251 e. The van der Waals surface area contributed by atoms with Crippen LogP contribution in [0.25, 0.3) is 0 Å². The van der Waals surface area contributed by atoms with Crippen LogP contribution in [0.1, 0.15) is 29.8 Å². The first kappa shape index (κ1) is 16.5. The van der Waals surface area contributed by atoms with Gasteiger partial charge in [0.05, 0.1) is 20.3 Å². The zero-order valence-electron chi connectivity index (χ0n) is 12.6. The van der Waals surface area contributed by atoms with Gasteiger partial charge in [-0.05, 0) is 32.0 Å². The lowest BCUT2D eigenvalue weighted by Crippen LogP contribution is -2.35. The number of nitrogens with one attached hydrogen (secondary N) is 1. The number of carbonyl (C=O) groups excluding carboxylic acids is 1. The van der Waals surface area contributed by atoms with E-state index in [0.29, 0.717) is 25.4 Å². The largest absolute Gasteiger partial charge is 0.496 e. The van der Waals surface area contributed by atoms with E-state index >= 15 is 0 Å². The molecule has 0 aromatic heterocycles. The first-order chi connectivity index (χ1) is 9.62. The number of rotatable bonds is 8. The highest BCUT2D eigenvalue weighted by molar-refractivity contribution is 5.94. The molecule has 0 spiro atoms. The maximum Gasteiger partial charge on any atom is 0.251 e. The van der Waals surface area contributed by atoms with E-state index in [2.05, 4.69) is 5.32 Å². The Bertz CT molecular complexity index is 434. The predicted molar refractivity (Wildman–Crippen MR) is 77.1 cm³/mol. The summed E-state index contributed by atoms with van der Waals surface area (Å²) in [4.78, 5) is 12.1. The van der Waals surface area contributed by atoms with Crippen LogP contribution in [0.15, 0.2) is 18.2 Å². The van der Waals surface area contributed by atoms with Gasteiger partial charge in [0, 0.05) is 30.9 Å². The number of hydrogen-bond donors (Lipinski definition) is 1. The second-order valence-electron chi connectivity index (χ2n) is 4.49. The van der Waals surface area contributed by atoms with Crippen molar-refractivity contribution in [3.05, 3.63) is 29.3 Å². The maximum absolute atomic E-state index is 12.1. The lowest BCUT2D eigenvalue weighted by atomic mass is 10.1. The number of methoxy groups -OCH3 is 2. The molecular weight excluding hydrogens is 258 g/mol. The first-order valence-corrected chi connectivity index (χ1v) is 6.66. The lowest BCUT2D eigenvalue weighted by Gasteiger charge is -2.14. The van der Waals surface area contributed by atoms with Gasteiger partial charge in [-0.3, -0.25) is 4.79 Å². The molecule has 20 heavy (non-hydrogen) atoms. The van der Waals surface area contributed by atoms with Gasteiger partial charge in [-0.2, -0.15) is 0 Å². The second-order valence-corrected chi connectivity index (χ2v) is 4.49. The van der Waals surface area contributed by atoms with Crippen LogP contribution in [0.4, 0.5) is 0 Å². The van der Waals surface area contributed by atoms with Crippen LogP contribution in [0.5, 0.6) is 5.75 Å². The van der Waals surface area contributed by atoms with E-state index in [1.807, 2.05) is 13.8 Å². The summed E-state index contributed by atoms with van der Waals surface area (Å²) in [7, 11) is 3.21. The van der Waals surface area contributed by atoms with Gasteiger partial charge in [0.2, 0.25) is 0 Å².